The van der Waals surface area contributed by atoms with E-state index < -0.39 is 5.97 Å². The third-order valence-electron chi connectivity index (χ3n) is 2.52. The fourth-order valence-corrected chi connectivity index (χ4v) is 1.82. The van der Waals surface area contributed by atoms with E-state index in [4.69, 9.17) is 5.11 Å². The predicted octanol–water partition coefficient (Wildman–Crippen LogP) is 2.30. The van der Waals surface area contributed by atoms with Crippen LogP contribution in [0, 0.1) is 6.92 Å². The molecule has 0 radical (unpaired) electrons. The summed E-state index contributed by atoms with van der Waals surface area (Å²) in [5.41, 5.74) is 2.14. The molecule has 1 aromatic heterocycles. The van der Waals surface area contributed by atoms with Crippen LogP contribution in [0.5, 0.6) is 0 Å². The van der Waals surface area contributed by atoms with E-state index in [9.17, 15) is 9.59 Å². The molecule has 0 bridgehead atoms. The number of carboxylic acid groups (broad SMARTS) is 1. The van der Waals surface area contributed by atoms with Crippen molar-refractivity contribution in [3.05, 3.63) is 47.7 Å². The van der Waals surface area contributed by atoms with Gasteiger partial charge in [-0.1, -0.05) is 18.2 Å². The largest absolute Gasteiger partial charge is 0.478 e. The van der Waals surface area contributed by atoms with Crippen molar-refractivity contribution in [3.8, 4) is 0 Å². The van der Waals surface area contributed by atoms with Crippen LogP contribution in [-0.2, 0) is 4.79 Å². The maximum atomic E-state index is 11.9. The normalized spacial score (nSPS) is 11.1. The van der Waals surface area contributed by atoms with E-state index in [-0.39, 0.29) is 5.78 Å². The van der Waals surface area contributed by atoms with Crippen molar-refractivity contribution in [1.29, 1.82) is 0 Å². The highest BCUT2D eigenvalue weighted by molar-refractivity contribution is 6.15. The van der Waals surface area contributed by atoms with Gasteiger partial charge in [0.25, 0.3) is 0 Å². The SMILES string of the molecule is Cc1[nH]c2ccccc2c1C(=O)C=CC(=O)O. The molecule has 4 heteroatoms. The Morgan fingerprint density at radius 2 is 1.94 bits per heavy atom. The second kappa shape index (κ2) is 4.25. The van der Waals surface area contributed by atoms with Crippen molar-refractivity contribution in [2.45, 2.75) is 6.92 Å². The molecule has 2 aromatic rings. The molecule has 0 spiro atoms. The first-order chi connectivity index (χ1) is 8.09. The van der Waals surface area contributed by atoms with Crippen molar-refractivity contribution in [2.75, 3.05) is 0 Å². The van der Waals surface area contributed by atoms with Crippen LogP contribution < -0.4 is 0 Å². The fourth-order valence-electron chi connectivity index (χ4n) is 1.82. The molecule has 86 valence electrons. The summed E-state index contributed by atoms with van der Waals surface area (Å²) >= 11 is 0. The van der Waals surface area contributed by atoms with Crippen LogP contribution in [0.15, 0.2) is 36.4 Å². The lowest BCUT2D eigenvalue weighted by Gasteiger charge is -1.94. The Labute approximate surface area is 97.6 Å². The van der Waals surface area contributed by atoms with Crippen molar-refractivity contribution in [1.82, 2.24) is 4.98 Å². The molecular formula is C13H11NO3. The molecule has 2 N–H and O–H groups in total. The van der Waals surface area contributed by atoms with Crippen molar-refractivity contribution in [3.63, 3.8) is 0 Å². The van der Waals surface area contributed by atoms with Gasteiger partial charge in [-0.3, -0.25) is 4.79 Å². The summed E-state index contributed by atoms with van der Waals surface area (Å²) < 4.78 is 0. The van der Waals surface area contributed by atoms with Crippen LogP contribution in [0.3, 0.4) is 0 Å². The highest BCUT2D eigenvalue weighted by atomic mass is 16.4. The van der Waals surface area contributed by atoms with Gasteiger partial charge in [-0.2, -0.15) is 0 Å². The Kier molecular flexibility index (Phi) is 2.78. The number of aryl methyl sites for hydroxylation is 1. The number of carbonyl (C=O) groups is 2. The zero-order valence-corrected chi connectivity index (χ0v) is 9.23. The monoisotopic (exact) mass is 229 g/mol. The number of allylic oxidation sites excluding steroid dienone is 1. The van der Waals surface area contributed by atoms with Gasteiger partial charge in [0.15, 0.2) is 5.78 Å². The Bertz CT molecular complexity index is 623. The lowest BCUT2D eigenvalue weighted by atomic mass is 10.1. The first-order valence-corrected chi connectivity index (χ1v) is 5.12. The number of para-hydroxylation sites is 1. The fraction of sp³-hybridized carbons (Fsp3) is 0.0769. The molecule has 0 aliphatic carbocycles. The number of aromatic nitrogens is 1. The molecule has 0 fully saturated rings. The second-order valence-electron chi connectivity index (χ2n) is 3.71. The van der Waals surface area contributed by atoms with Crippen LogP contribution in [-0.4, -0.2) is 21.8 Å². The lowest BCUT2D eigenvalue weighted by molar-refractivity contribution is -0.131. The average Bonchev–Trinajstić information content (AvgIpc) is 2.61. The van der Waals surface area contributed by atoms with Crippen LogP contribution in [0.2, 0.25) is 0 Å². The van der Waals surface area contributed by atoms with Crippen molar-refractivity contribution < 1.29 is 14.7 Å². The van der Waals surface area contributed by atoms with Gasteiger partial charge >= 0.3 is 5.97 Å². The van der Waals surface area contributed by atoms with Gasteiger partial charge in [-0.05, 0) is 19.1 Å². The number of nitrogens with one attached hydrogen (secondary N) is 1. The Balaban J connectivity index is 2.51. The number of carboxylic acids is 1. The zero-order valence-electron chi connectivity index (χ0n) is 9.23. The minimum absolute atomic E-state index is 0.303. The number of benzene rings is 1. The third-order valence-corrected chi connectivity index (χ3v) is 2.52. The van der Waals surface area contributed by atoms with Crippen LogP contribution in [0.1, 0.15) is 16.1 Å². The van der Waals surface area contributed by atoms with Crippen molar-refractivity contribution in [2.24, 2.45) is 0 Å². The summed E-state index contributed by atoms with van der Waals surface area (Å²) in [7, 11) is 0. The molecular weight excluding hydrogens is 218 g/mol. The molecule has 0 aliphatic rings. The Morgan fingerprint density at radius 3 is 2.65 bits per heavy atom. The number of ketones is 1. The van der Waals surface area contributed by atoms with E-state index >= 15 is 0 Å². The van der Waals surface area contributed by atoms with E-state index in [0.717, 1.165) is 28.7 Å². The van der Waals surface area contributed by atoms with Crippen LogP contribution >= 0.6 is 0 Å². The van der Waals surface area contributed by atoms with E-state index in [1.807, 2.05) is 24.3 Å². The van der Waals surface area contributed by atoms with Gasteiger partial charge in [0.1, 0.15) is 0 Å². The maximum Gasteiger partial charge on any atom is 0.328 e. The summed E-state index contributed by atoms with van der Waals surface area (Å²) in [4.78, 5) is 25.3. The molecule has 0 saturated carbocycles. The number of aliphatic carboxylic acids is 1. The highest BCUT2D eigenvalue weighted by Crippen LogP contribution is 2.22. The predicted molar refractivity (Wildman–Crippen MR) is 64.1 cm³/mol. The summed E-state index contributed by atoms with van der Waals surface area (Å²) in [6, 6.07) is 7.42. The first kappa shape index (κ1) is 11.1. The zero-order chi connectivity index (χ0) is 12.4. The molecule has 1 aromatic carbocycles. The Morgan fingerprint density at radius 1 is 1.24 bits per heavy atom. The number of fused-ring (bicyclic) bond motifs is 1. The minimum atomic E-state index is -1.13. The van der Waals surface area contributed by atoms with Crippen molar-refractivity contribution >= 4 is 22.7 Å². The number of hydrogen-bond donors (Lipinski definition) is 2. The van der Waals surface area contributed by atoms with Gasteiger partial charge in [0.2, 0.25) is 0 Å². The number of aromatic amines is 1. The van der Waals surface area contributed by atoms with Gasteiger partial charge in [-0.15, -0.1) is 0 Å². The van der Waals surface area contributed by atoms with Gasteiger partial charge < -0.3 is 10.1 Å². The average molecular weight is 229 g/mol. The van der Waals surface area contributed by atoms with Crippen LogP contribution in [0.25, 0.3) is 10.9 Å². The summed E-state index contributed by atoms with van der Waals surface area (Å²) in [6.07, 6.45) is 1.93. The summed E-state index contributed by atoms with van der Waals surface area (Å²) in [5, 5.41) is 9.31. The van der Waals surface area contributed by atoms with E-state index in [1.165, 1.54) is 0 Å². The standard InChI is InChI=1S/C13H11NO3/c1-8-13(11(15)6-7-12(16)17)9-4-2-3-5-10(9)14-8/h2-7,14H,1H3,(H,16,17). The second-order valence-corrected chi connectivity index (χ2v) is 3.71. The van der Waals surface area contributed by atoms with E-state index in [2.05, 4.69) is 4.98 Å². The number of H-pyrrole nitrogens is 1. The van der Waals surface area contributed by atoms with E-state index in [1.54, 1.807) is 6.92 Å². The summed E-state index contributed by atoms with van der Waals surface area (Å²) in [6.45, 7) is 1.79. The molecule has 0 aliphatic heterocycles. The number of carbonyl (C=O) groups excluding carboxylic acids is 1. The highest BCUT2D eigenvalue weighted by Gasteiger charge is 2.13. The molecule has 0 saturated heterocycles. The van der Waals surface area contributed by atoms with Gasteiger partial charge in [-0.25, -0.2) is 4.79 Å². The minimum Gasteiger partial charge on any atom is -0.478 e. The smallest absolute Gasteiger partial charge is 0.328 e. The molecule has 0 atom stereocenters. The lowest BCUT2D eigenvalue weighted by Crippen LogP contribution is -1.97. The third kappa shape index (κ3) is 2.10. The van der Waals surface area contributed by atoms with Crippen LogP contribution in [0.4, 0.5) is 0 Å². The topological polar surface area (TPSA) is 70.2 Å². The van der Waals surface area contributed by atoms with E-state index in [0.29, 0.717) is 5.56 Å². The van der Waals surface area contributed by atoms with Gasteiger partial charge in [0.05, 0.1) is 5.56 Å². The van der Waals surface area contributed by atoms with Gasteiger partial charge in [0, 0.05) is 22.7 Å². The Hall–Kier alpha value is -2.36. The quantitative estimate of drug-likeness (QED) is 0.626. The molecule has 0 unspecified atom stereocenters. The maximum absolute atomic E-state index is 11.9. The molecule has 17 heavy (non-hydrogen) atoms. The summed E-state index contributed by atoms with van der Waals surface area (Å²) in [5.74, 6) is -1.43. The first-order valence-electron chi connectivity index (χ1n) is 5.12. The molecule has 0 amide bonds. The number of rotatable bonds is 3. The number of hydrogen-bond acceptors (Lipinski definition) is 2. The molecule has 4 nitrogen and oxygen atoms in total. The molecule has 1 heterocycles. The molecule has 2 rings (SSSR count).